The molecule has 0 aliphatic carbocycles. The summed E-state index contributed by atoms with van der Waals surface area (Å²) in [7, 11) is 0. The lowest BCUT2D eigenvalue weighted by molar-refractivity contribution is 0.0844. The maximum atomic E-state index is 12.1. The second-order valence-electron chi connectivity index (χ2n) is 5.25. The number of nitrogens with one attached hydrogen (secondary N) is 3. The molecule has 1 aromatic heterocycles. The van der Waals surface area contributed by atoms with Gasteiger partial charge >= 0.3 is 0 Å². The van der Waals surface area contributed by atoms with Crippen molar-refractivity contribution in [2.24, 2.45) is 0 Å². The lowest BCUT2D eigenvalue weighted by atomic mass is 10.2. The summed E-state index contributed by atoms with van der Waals surface area (Å²) in [5, 5.41) is 0.921. The molecule has 24 heavy (non-hydrogen) atoms. The van der Waals surface area contributed by atoms with Crippen LogP contribution in [0.2, 0.25) is 0 Å². The normalized spacial score (nSPS) is 12.2. The van der Waals surface area contributed by atoms with E-state index in [1.165, 1.54) is 0 Å². The molecule has 2 heterocycles. The van der Waals surface area contributed by atoms with Crippen molar-refractivity contribution in [2.75, 3.05) is 6.79 Å². The molecule has 0 unspecified atom stereocenters. The summed E-state index contributed by atoms with van der Waals surface area (Å²) >= 11 is 0. The van der Waals surface area contributed by atoms with Gasteiger partial charge in [0.2, 0.25) is 6.79 Å². The number of ether oxygens (including phenoxy) is 2. The number of rotatable bonds is 2. The third-order valence-electron chi connectivity index (χ3n) is 3.70. The second kappa shape index (κ2) is 5.62. The summed E-state index contributed by atoms with van der Waals surface area (Å²) in [4.78, 5) is 27.2. The van der Waals surface area contributed by atoms with E-state index in [1.54, 1.807) is 24.3 Å². The zero-order chi connectivity index (χ0) is 16.5. The molecule has 0 radical (unpaired) electrons. The van der Waals surface area contributed by atoms with Crippen molar-refractivity contribution in [3.05, 3.63) is 59.8 Å². The maximum Gasteiger partial charge on any atom is 0.286 e. The van der Waals surface area contributed by atoms with E-state index in [9.17, 15) is 9.59 Å². The Balaban J connectivity index is 1.44. The van der Waals surface area contributed by atoms with Crippen LogP contribution in [0, 0.1) is 0 Å². The van der Waals surface area contributed by atoms with Crippen molar-refractivity contribution < 1.29 is 19.1 Å². The predicted octanol–water partition coefficient (Wildman–Crippen LogP) is 1.97. The van der Waals surface area contributed by atoms with E-state index in [1.807, 2.05) is 24.3 Å². The standard InChI is InChI=1S/C17H13N3O4/c21-16(11-5-6-14-15(8-11)24-9-23-14)19-20-17(22)13-7-10-3-1-2-4-12(10)18-13/h1-8,18H,9H2,(H,19,21)(H,20,22). The van der Waals surface area contributed by atoms with Gasteiger partial charge in [0.25, 0.3) is 11.8 Å². The Morgan fingerprint density at radius 3 is 2.58 bits per heavy atom. The van der Waals surface area contributed by atoms with Gasteiger partial charge in [-0.1, -0.05) is 18.2 Å². The van der Waals surface area contributed by atoms with Gasteiger partial charge in [-0.2, -0.15) is 0 Å². The Kier molecular flexibility index (Phi) is 3.31. The highest BCUT2D eigenvalue weighted by atomic mass is 16.7. The Labute approximate surface area is 136 Å². The maximum absolute atomic E-state index is 12.1. The molecule has 0 fully saturated rings. The quantitative estimate of drug-likeness (QED) is 0.629. The fourth-order valence-electron chi connectivity index (χ4n) is 2.49. The molecular formula is C17H13N3O4. The van der Waals surface area contributed by atoms with Crippen molar-refractivity contribution in [2.45, 2.75) is 0 Å². The van der Waals surface area contributed by atoms with Crippen LogP contribution in [0.5, 0.6) is 11.5 Å². The van der Waals surface area contributed by atoms with E-state index in [0.717, 1.165) is 10.9 Å². The number of benzene rings is 2. The monoisotopic (exact) mass is 323 g/mol. The Morgan fingerprint density at radius 1 is 0.917 bits per heavy atom. The van der Waals surface area contributed by atoms with Gasteiger partial charge in [-0.3, -0.25) is 20.4 Å². The van der Waals surface area contributed by atoms with Gasteiger partial charge in [0, 0.05) is 16.5 Å². The van der Waals surface area contributed by atoms with Crippen LogP contribution in [0.4, 0.5) is 0 Å². The van der Waals surface area contributed by atoms with Crippen molar-refractivity contribution in [1.82, 2.24) is 15.8 Å². The first-order valence-corrected chi connectivity index (χ1v) is 7.29. The number of hydrogen-bond donors (Lipinski definition) is 3. The van der Waals surface area contributed by atoms with Crippen LogP contribution in [0.3, 0.4) is 0 Å². The molecule has 0 bridgehead atoms. The number of fused-ring (bicyclic) bond motifs is 2. The molecule has 120 valence electrons. The van der Waals surface area contributed by atoms with Crippen LogP contribution in [-0.4, -0.2) is 23.6 Å². The molecule has 0 atom stereocenters. The van der Waals surface area contributed by atoms with Crippen molar-refractivity contribution in [3.8, 4) is 11.5 Å². The zero-order valence-electron chi connectivity index (χ0n) is 12.5. The van der Waals surface area contributed by atoms with Crippen molar-refractivity contribution in [3.63, 3.8) is 0 Å². The van der Waals surface area contributed by atoms with E-state index >= 15 is 0 Å². The summed E-state index contributed by atoms with van der Waals surface area (Å²) < 4.78 is 10.4. The van der Waals surface area contributed by atoms with Gasteiger partial charge in [-0.25, -0.2) is 0 Å². The van der Waals surface area contributed by atoms with Crippen LogP contribution < -0.4 is 20.3 Å². The molecule has 1 aliphatic rings. The lowest BCUT2D eigenvalue weighted by Crippen LogP contribution is -2.41. The summed E-state index contributed by atoms with van der Waals surface area (Å²) in [6.07, 6.45) is 0. The van der Waals surface area contributed by atoms with Gasteiger partial charge < -0.3 is 14.5 Å². The highest BCUT2D eigenvalue weighted by Gasteiger charge is 2.17. The van der Waals surface area contributed by atoms with Gasteiger partial charge in [0.15, 0.2) is 11.5 Å². The number of aromatic amines is 1. The SMILES string of the molecule is O=C(NNC(=O)c1cc2ccccc2[nH]1)c1ccc2c(c1)OCO2. The average Bonchev–Trinajstić information content (AvgIpc) is 3.24. The fraction of sp³-hybridized carbons (Fsp3) is 0.0588. The highest BCUT2D eigenvalue weighted by Crippen LogP contribution is 2.32. The summed E-state index contributed by atoms with van der Waals surface area (Å²) in [6, 6.07) is 14.1. The Bertz CT molecular complexity index is 915. The van der Waals surface area contributed by atoms with Crippen LogP contribution in [-0.2, 0) is 0 Å². The molecule has 7 heteroatoms. The summed E-state index contributed by atoms with van der Waals surface area (Å²) in [5.41, 5.74) is 6.33. The van der Waals surface area contributed by atoms with E-state index < -0.39 is 11.8 Å². The number of para-hydroxylation sites is 1. The van der Waals surface area contributed by atoms with E-state index in [4.69, 9.17) is 9.47 Å². The molecule has 0 saturated carbocycles. The number of hydrazine groups is 1. The van der Waals surface area contributed by atoms with Crippen LogP contribution in [0.15, 0.2) is 48.5 Å². The van der Waals surface area contributed by atoms with Crippen molar-refractivity contribution >= 4 is 22.7 Å². The number of aromatic nitrogens is 1. The molecule has 1 aliphatic heterocycles. The average molecular weight is 323 g/mol. The fourth-order valence-corrected chi connectivity index (χ4v) is 2.49. The minimum absolute atomic E-state index is 0.136. The molecule has 3 aromatic rings. The van der Waals surface area contributed by atoms with Gasteiger partial charge in [0.05, 0.1) is 0 Å². The van der Waals surface area contributed by atoms with E-state index in [2.05, 4.69) is 15.8 Å². The number of H-pyrrole nitrogens is 1. The van der Waals surface area contributed by atoms with Crippen molar-refractivity contribution in [1.29, 1.82) is 0 Å². The number of hydrogen-bond acceptors (Lipinski definition) is 4. The molecule has 2 amide bonds. The predicted molar refractivity (Wildman–Crippen MR) is 85.8 cm³/mol. The third kappa shape index (κ3) is 2.52. The molecular weight excluding hydrogens is 310 g/mol. The molecule has 3 N–H and O–H groups in total. The van der Waals surface area contributed by atoms with Crippen LogP contribution in [0.25, 0.3) is 10.9 Å². The Hall–Kier alpha value is -3.48. The van der Waals surface area contributed by atoms with Gasteiger partial charge in [-0.05, 0) is 30.3 Å². The molecule has 2 aromatic carbocycles. The summed E-state index contributed by atoms with van der Waals surface area (Å²) in [5.74, 6) is 0.219. The first kappa shape index (κ1) is 14.1. The van der Waals surface area contributed by atoms with Gasteiger partial charge in [0.1, 0.15) is 5.69 Å². The topological polar surface area (TPSA) is 92.5 Å². The molecule has 0 spiro atoms. The first-order valence-electron chi connectivity index (χ1n) is 7.29. The highest BCUT2D eigenvalue weighted by molar-refractivity contribution is 6.01. The van der Waals surface area contributed by atoms with Crippen LogP contribution in [0.1, 0.15) is 20.8 Å². The Morgan fingerprint density at radius 2 is 1.71 bits per heavy atom. The third-order valence-corrected chi connectivity index (χ3v) is 3.70. The minimum atomic E-state index is -0.447. The molecule has 4 rings (SSSR count). The lowest BCUT2D eigenvalue weighted by Gasteiger charge is -2.07. The van der Waals surface area contributed by atoms with E-state index in [-0.39, 0.29) is 6.79 Å². The number of carbonyl (C=O) groups is 2. The molecule has 0 saturated heterocycles. The van der Waals surface area contributed by atoms with E-state index in [0.29, 0.717) is 22.8 Å². The number of carbonyl (C=O) groups excluding carboxylic acids is 2. The largest absolute Gasteiger partial charge is 0.454 e. The second-order valence-corrected chi connectivity index (χ2v) is 5.25. The molecule has 7 nitrogen and oxygen atoms in total. The van der Waals surface area contributed by atoms with Crippen LogP contribution >= 0.6 is 0 Å². The first-order chi connectivity index (χ1) is 11.7. The smallest absolute Gasteiger partial charge is 0.286 e. The van der Waals surface area contributed by atoms with Gasteiger partial charge in [-0.15, -0.1) is 0 Å². The number of amides is 2. The minimum Gasteiger partial charge on any atom is -0.454 e. The summed E-state index contributed by atoms with van der Waals surface area (Å²) in [6.45, 7) is 0.136. The zero-order valence-corrected chi connectivity index (χ0v) is 12.5.